The van der Waals surface area contributed by atoms with Gasteiger partial charge in [-0.05, 0) is 37.3 Å². The molecule has 0 saturated carbocycles. The minimum atomic E-state index is 0.275. The highest BCUT2D eigenvalue weighted by Crippen LogP contribution is 2.28. The Bertz CT molecular complexity index is 278. The van der Waals surface area contributed by atoms with Crippen LogP contribution in [0.3, 0.4) is 0 Å². The summed E-state index contributed by atoms with van der Waals surface area (Å²) in [6.07, 6.45) is 5.26. The van der Waals surface area contributed by atoms with Crippen LogP contribution >= 0.6 is 0 Å². The van der Waals surface area contributed by atoms with Crippen LogP contribution in [-0.2, 0) is 18.3 Å². The molecule has 0 aliphatic heterocycles. The number of hydrogen-bond acceptors (Lipinski definition) is 0. The van der Waals surface area contributed by atoms with Crippen molar-refractivity contribution >= 4 is 0 Å². The number of aromatic nitrogens is 1. The van der Waals surface area contributed by atoms with Crippen molar-refractivity contribution in [3.8, 4) is 0 Å². The molecular formula is C12H19N. The third kappa shape index (κ3) is 1.65. The molecule has 0 unspecified atom stereocenters. The minimum absolute atomic E-state index is 0.275. The Balaban J connectivity index is 2.36. The highest BCUT2D eigenvalue weighted by molar-refractivity contribution is 5.31. The number of hydrogen-bond donors (Lipinski definition) is 1. The van der Waals surface area contributed by atoms with Gasteiger partial charge in [0.1, 0.15) is 0 Å². The van der Waals surface area contributed by atoms with E-state index in [4.69, 9.17) is 0 Å². The Hall–Kier alpha value is -0.720. The number of aromatic amines is 1. The van der Waals surface area contributed by atoms with Crippen LogP contribution in [0, 0.1) is 0 Å². The summed E-state index contributed by atoms with van der Waals surface area (Å²) >= 11 is 0. The molecule has 1 heterocycles. The Morgan fingerprint density at radius 1 is 1.15 bits per heavy atom. The molecule has 0 saturated heterocycles. The molecule has 0 spiro atoms. The van der Waals surface area contributed by atoms with Crippen molar-refractivity contribution in [2.75, 3.05) is 0 Å². The van der Waals surface area contributed by atoms with E-state index in [2.05, 4.69) is 31.8 Å². The van der Waals surface area contributed by atoms with Gasteiger partial charge in [0.15, 0.2) is 0 Å². The molecule has 1 aliphatic carbocycles. The lowest BCUT2D eigenvalue weighted by atomic mass is 9.91. The topological polar surface area (TPSA) is 15.8 Å². The second-order valence-electron chi connectivity index (χ2n) is 5.14. The van der Waals surface area contributed by atoms with Crippen molar-refractivity contribution in [3.63, 3.8) is 0 Å². The number of rotatable bonds is 0. The van der Waals surface area contributed by atoms with Gasteiger partial charge in [-0.25, -0.2) is 0 Å². The van der Waals surface area contributed by atoms with Crippen molar-refractivity contribution in [2.45, 2.75) is 51.9 Å². The van der Waals surface area contributed by atoms with Crippen LogP contribution in [0.2, 0.25) is 0 Å². The van der Waals surface area contributed by atoms with E-state index >= 15 is 0 Å². The first-order valence-electron chi connectivity index (χ1n) is 5.28. The number of H-pyrrole nitrogens is 1. The summed E-state index contributed by atoms with van der Waals surface area (Å²) in [7, 11) is 0. The maximum atomic E-state index is 3.57. The summed E-state index contributed by atoms with van der Waals surface area (Å²) in [5, 5.41) is 0. The lowest BCUT2D eigenvalue weighted by Crippen LogP contribution is -2.11. The number of aryl methyl sites for hydroxylation is 2. The first-order valence-corrected chi connectivity index (χ1v) is 5.28. The first kappa shape index (κ1) is 8.86. The van der Waals surface area contributed by atoms with Crippen LogP contribution in [0.4, 0.5) is 0 Å². The van der Waals surface area contributed by atoms with Crippen molar-refractivity contribution in [1.82, 2.24) is 4.98 Å². The van der Waals surface area contributed by atoms with Crippen molar-refractivity contribution in [2.24, 2.45) is 0 Å². The monoisotopic (exact) mass is 177 g/mol. The van der Waals surface area contributed by atoms with Gasteiger partial charge in [-0.1, -0.05) is 20.8 Å². The van der Waals surface area contributed by atoms with Crippen LogP contribution in [0.5, 0.6) is 0 Å². The molecule has 0 aromatic carbocycles. The summed E-state index contributed by atoms with van der Waals surface area (Å²) in [4.78, 5) is 3.57. The van der Waals surface area contributed by atoms with Crippen LogP contribution < -0.4 is 0 Å². The molecular weight excluding hydrogens is 158 g/mol. The molecule has 0 fully saturated rings. The van der Waals surface area contributed by atoms with E-state index in [1.54, 1.807) is 5.56 Å². The Morgan fingerprint density at radius 3 is 2.46 bits per heavy atom. The Labute approximate surface area is 80.6 Å². The van der Waals surface area contributed by atoms with Crippen LogP contribution in [0.1, 0.15) is 50.6 Å². The van der Waals surface area contributed by atoms with Gasteiger partial charge < -0.3 is 4.98 Å². The quantitative estimate of drug-likeness (QED) is 0.626. The van der Waals surface area contributed by atoms with Gasteiger partial charge in [0, 0.05) is 16.8 Å². The van der Waals surface area contributed by atoms with E-state index in [0.29, 0.717) is 0 Å². The molecule has 2 rings (SSSR count). The van der Waals surface area contributed by atoms with E-state index in [0.717, 1.165) is 0 Å². The molecule has 0 bridgehead atoms. The van der Waals surface area contributed by atoms with E-state index in [1.807, 2.05) is 0 Å². The first-order chi connectivity index (χ1) is 6.07. The summed E-state index contributed by atoms with van der Waals surface area (Å²) in [5.74, 6) is 0. The molecule has 0 amide bonds. The van der Waals surface area contributed by atoms with E-state index < -0.39 is 0 Å². The van der Waals surface area contributed by atoms with Gasteiger partial charge in [0.2, 0.25) is 0 Å². The number of fused-ring (bicyclic) bond motifs is 1. The SMILES string of the molecule is CC(C)(C)c1cc2c([nH]1)CCCC2. The van der Waals surface area contributed by atoms with Gasteiger partial charge in [0.05, 0.1) is 0 Å². The van der Waals surface area contributed by atoms with Gasteiger partial charge in [0.25, 0.3) is 0 Å². The summed E-state index contributed by atoms with van der Waals surface area (Å²) < 4.78 is 0. The second-order valence-corrected chi connectivity index (χ2v) is 5.14. The average Bonchev–Trinajstić information content (AvgIpc) is 2.45. The predicted molar refractivity (Wildman–Crippen MR) is 56.1 cm³/mol. The highest BCUT2D eigenvalue weighted by atomic mass is 14.8. The van der Waals surface area contributed by atoms with Crippen molar-refractivity contribution in [1.29, 1.82) is 0 Å². The average molecular weight is 177 g/mol. The third-order valence-corrected chi connectivity index (χ3v) is 2.92. The molecule has 72 valence electrons. The third-order valence-electron chi connectivity index (χ3n) is 2.92. The molecule has 1 nitrogen and oxygen atoms in total. The van der Waals surface area contributed by atoms with E-state index in [-0.39, 0.29) is 5.41 Å². The predicted octanol–water partition coefficient (Wildman–Crippen LogP) is 3.19. The molecule has 1 aliphatic rings. The highest BCUT2D eigenvalue weighted by Gasteiger charge is 2.19. The fourth-order valence-corrected chi connectivity index (χ4v) is 2.01. The maximum Gasteiger partial charge on any atom is 0.0206 e. The zero-order chi connectivity index (χ0) is 9.47. The maximum absolute atomic E-state index is 3.57. The molecule has 0 atom stereocenters. The second kappa shape index (κ2) is 2.90. The summed E-state index contributed by atoms with van der Waals surface area (Å²) in [6, 6.07) is 2.37. The molecule has 13 heavy (non-hydrogen) atoms. The molecule has 0 radical (unpaired) electrons. The van der Waals surface area contributed by atoms with E-state index in [9.17, 15) is 0 Å². The fourth-order valence-electron chi connectivity index (χ4n) is 2.01. The van der Waals surface area contributed by atoms with Gasteiger partial charge >= 0.3 is 0 Å². The summed E-state index contributed by atoms with van der Waals surface area (Å²) in [6.45, 7) is 6.80. The van der Waals surface area contributed by atoms with Crippen LogP contribution in [0.25, 0.3) is 0 Å². The van der Waals surface area contributed by atoms with Crippen molar-refractivity contribution < 1.29 is 0 Å². The van der Waals surface area contributed by atoms with Gasteiger partial charge in [-0.15, -0.1) is 0 Å². The van der Waals surface area contributed by atoms with Crippen molar-refractivity contribution in [3.05, 3.63) is 23.0 Å². The fraction of sp³-hybridized carbons (Fsp3) is 0.667. The van der Waals surface area contributed by atoms with Crippen LogP contribution in [0.15, 0.2) is 6.07 Å². The Morgan fingerprint density at radius 2 is 1.85 bits per heavy atom. The van der Waals surface area contributed by atoms with Gasteiger partial charge in [-0.2, -0.15) is 0 Å². The summed E-state index contributed by atoms with van der Waals surface area (Å²) in [5.41, 5.74) is 4.74. The van der Waals surface area contributed by atoms with Gasteiger partial charge in [-0.3, -0.25) is 0 Å². The standard InChI is InChI=1S/C12H19N/c1-12(2,3)11-8-9-6-4-5-7-10(9)13-11/h8,13H,4-7H2,1-3H3. The lowest BCUT2D eigenvalue weighted by Gasteiger charge is -2.15. The molecule has 1 N–H and O–H groups in total. The zero-order valence-electron chi connectivity index (χ0n) is 8.91. The Kier molecular flexibility index (Phi) is 1.98. The largest absolute Gasteiger partial charge is 0.362 e. The van der Waals surface area contributed by atoms with E-state index in [1.165, 1.54) is 37.1 Å². The smallest absolute Gasteiger partial charge is 0.0206 e. The molecule has 1 aromatic heterocycles. The molecule has 1 heteroatoms. The normalized spacial score (nSPS) is 17.2. The molecule has 1 aromatic rings. The minimum Gasteiger partial charge on any atom is -0.362 e. The lowest BCUT2D eigenvalue weighted by molar-refractivity contribution is 0.570. The zero-order valence-corrected chi connectivity index (χ0v) is 8.91. The van der Waals surface area contributed by atoms with Crippen LogP contribution in [-0.4, -0.2) is 4.98 Å². The number of nitrogens with one attached hydrogen (secondary N) is 1.